The molecule has 0 saturated heterocycles. The average molecular weight is 231 g/mol. The maximum Gasteiger partial charge on any atom is 0.379 e. The molecule has 0 aromatic rings. The zero-order valence-electron chi connectivity index (χ0n) is 9.23. The van der Waals surface area contributed by atoms with Crippen molar-refractivity contribution in [2.75, 3.05) is 0 Å². The number of fused-ring (bicyclic) bond motifs is 1. The van der Waals surface area contributed by atoms with E-state index in [-0.39, 0.29) is 11.3 Å². The Kier molecular flexibility index (Phi) is 2.18. The van der Waals surface area contributed by atoms with Crippen LogP contribution in [0.25, 0.3) is 0 Å². The molecule has 1 fully saturated rings. The molecule has 2 N–H and O–H groups in total. The lowest BCUT2D eigenvalue weighted by molar-refractivity contribution is -0.0438. The number of rotatable bonds is 2. The van der Waals surface area contributed by atoms with E-state index in [2.05, 4.69) is 13.8 Å². The number of hydrogen-bond acceptors (Lipinski definition) is 3. The van der Waals surface area contributed by atoms with Gasteiger partial charge in [-0.1, -0.05) is 20.8 Å². The Labute approximate surface area is 90.7 Å². The van der Waals surface area contributed by atoms with Gasteiger partial charge in [0, 0.05) is 5.92 Å². The second-order valence-corrected chi connectivity index (χ2v) is 6.36. The van der Waals surface area contributed by atoms with E-state index in [4.69, 9.17) is 9.32 Å². The van der Waals surface area contributed by atoms with Crippen LogP contribution in [-0.4, -0.2) is 8.42 Å². The summed E-state index contributed by atoms with van der Waals surface area (Å²) in [6.45, 7) is 6.43. The van der Waals surface area contributed by atoms with Crippen LogP contribution in [0.15, 0.2) is 11.8 Å². The van der Waals surface area contributed by atoms with Crippen LogP contribution in [-0.2, 0) is 14.5 Å². The van der Waals surface area contributed by atoms with Crippen LogP contribution in [0.5, 0.6) is 0 Å². The molecule has 0 unspecified atom stereocenters. The molecule has 0 amide bonds. The fraction of sp³-hybridized carbons (Fsp3) is 0.800. The highest BCUT2D eigenvalue weighted by molar-refractivity contribution is 7.84. The van der Waals surface area contributed by atoms with Crippen LogP contribution >= 0.6 is 0 Å². The third kappa shape index (κ3) is 1.67. The highest BCUT2D eigenvalue weighted by Gasteiger charge is 2.54. The zero-order chi connectivity index (χ0) is 11.4. The molecular weight excluding hydrogens is 214 g/mol. The van der Waals surface area contributed by atoms with Gasteiger partial charge in [-0.2, -0.15) is 13.6 Å². The van der Waals surface area contributed by atoms with Crippen LogP contribution < -0.4 is 5.14 Å². The van der Waals surface area contributed by atoms with Crippen molar-refractivity contribution in [3.05, 3.63) is 11.8 Å². The minimum Gasteiger partial charge on any atom is -0.376 e. The summed E-state index contributed by atoms with van der Waals surface area (Å²) < 4.78 is 26.5. The van der Waals surface area contributed by atoms with E-state index >= 15 is 0 Å². The molecule has 0 spiro atoms. The summed E-state index contributed by atoms with van der Waals surface area (Å²) in [6.07, 6.45) is 3.06. The molecule has 5 heteroatoms. The van der Waals surface area contributed by atoms with E-state index in [1.54, 1.807) is 0 Å². The zero-order valence-corrected chi connectivity index (χ0v) is 10.0. The minimum absolute atomic E-state index is 0.142. The third-order valence-corrected chi connectivity index (χ3v) is 4.47. The molecule has 15 heavy (non-hydrogen) atoms. The number of hydrogen-bond donors (Lipinski definition) is 1. The fourth-order valence-corrected chi connectivity index (χ4v) is 3.39. The minimum atomic E-state index is -3.87. The first kappa shape index (κ1) is 11.0. The molecule has 0 aromatic carbocycles. The molecule has 3 atom stereocenters. The Morgan fingerprint density at radius 1 is 1.53 bits per heavy atom. The van der Waals surface area contributed by atoms with Crippen LogP contribution in [0.3, 0.4) is 0 Å². The van der Waals surface area contributed by atoms with Gasteiger partial charge in [0.25, 0.3) is 0 Å². The molecule has 3 aliphatic rings. The van der Waals surface area contributed by atoms with E-state index in [0.717, 1.165) is 6.42 Å². The van der Waals surface area contributed by atoms with E-state index in [1.165, 1.54) is 0 Å². The lowest BCUT2D eigenvalue weighted by atomic mass is 9.48. The first-order valence-electron chi connectivity index (χ1n) is 5.16. The molecule has 4 nitrogen and oxygen atoms in total. The second-order valence-electron chi connectivity index (χ2n) is 5.20. The first-order chi connectivity index (χ1) is 6.72. The largest absolute Gasteiger partial charge is 0.379 e. The van der Waals surface area contributed by atoms with E-state index < -0.39 is 10.3 Å². The smallest absolute Gasteiger partial charge is 0.376 e. The van der Waals surface area contributed by atoms with Crippen LogP contribution in [0, 0.1) is 23.2 Å². The topological polar surface area (TPSA) is 69.4 Å². The van der Waals surface area contributed by atoms with Gasteiger partial charge in [-0.3, -0.25) is 0 Å². The Bertz CT molecular complexity index is 410. The second kappa shape index (κ2) is 2.98. The molecule has 0 heterocycles. The first-order valence-corrected chi connectivity index (χ1v) is 6.63. The Morgan fingerprint density at radius 3 is 2.53 bits per heavy atom. The lowest BCUT2D eigenvalue weighted by Crippen LogP contribution is -2.51. The van der Waals surface area contributed by atoms with Gasteiger partial charge in [-0.25, -0.2) is 0 Å². The lowest BCUT2D eigenvalue weighted by Gasteiger charge is -2.57. The van der Waals surface area contributed by atoms with E-state index in [9.17, 15) is 8.42 Å². The standard InChI is InChI=1S/C10H17NO3S/c1-6-8-4-7(10(8,2)3)5-9(6)14-15(11,12)13/h5-8H,4H2,1-3H3,(H2,11,12,13)/t6-,7+,8-/m0/s1. The molecule has 0 radical (unpaired) electrons. The van der Waals surface area contributed by atoms with Gasteiger partial charge >= 0.3 is 10.3 Å². The SMILES string of the molecule is C[C@@H]1C(OS(N)(=O)=O)=C[C@H]2C[C@@H]1C2(C)C. The van der Waals surface area contributed by atoms with Gasteiger partial charge in [0.1, 0.15) is 5.76 Å². The van der Waals surface area contributed by atoms with Crippen molar-refractivity contribution >= 4 is 10.3 Å². The summed E-state index contributed by atoms with van der Waals surface area (Å²) in [4.78, 5) is 0. The van der Waals surface area contributed by atoms with Crippen molar-refractivity contribution in [2.45, 2.75) is 27.2 Å². The molecule has 3 aliphatic carbocycles. The molecule has 3 rings (SSSR count). The Hall–Kier alpha value is -0.550. The summed E-state index contributed by atoms with van der Waals surface area (Å²) in [6, 6.07) is 0. The predicted molar refractivity (Wildman–Crippen MR) is 56.8 cm³/mol. The molecule has 2 bridgehead atoms. The Morgan fingerprint density at radius 2 is 2.13 bits per heavy atom. The van der Waals surface area contributed by atoms with Crippen molar-refractivity contribution < 1.29 is 12.6 Å². The van der Waals surface area contributed by atoms with Crippen molar-refractivity contribution in [1.29, 1.82) is 0 Å². The molecule has 0 aromatic heterocycles. The summed E-state index contributed by atoms with van der Waals surface area (Å²) >= 11 is 0. The van der Waals surface area contributed by atoms with E-state index in [0.29, 0.717) is 17.6 Å². The average Bonchev–Trinajstić information content (AvgIpc) is 2.05. The summed E-state index contributed by atoms with van der Waals surface area (Å²) in [5, 5.41) is 4.87. The maximum absolute atomic E-state index is 10.8. The third-order valence-electron chi connectivity index (χ3n) is 4.05. The number of allylic oxidation sites excluding steroid dienone is 2. The molecule has 86 valence electrons. The van der Waals surface area contributed by atoms with E-state index in [1.807, 2.05) is 13.0 Å². The highest BCUT2D eigenvalue weighted by atomic mass is 32.2. The van der Waals surface area contributed by atoms with Crippen LogP contribution in [0.1, 0.15) is 27.2 Å². The van der Waals surface area contributed by atoms with Gasteiger partial charge in [0.2, 0.25) is 0 Å². The summed E-state index contributed by atoms with van der Waals surface area (Å²) in [5.41, 5.74) is 0.268. The normalized spacial score (nSPS) is 37.9. The van der Waals surface area contributed by atoms with Gasteiger partial charge in [-0.05, 0) is 29.7 Å². The van der Waals surface area contributed by atoms with Gasteiger partial charge in [-0.15, -0.1) is 0 Å². The summed E-state index contributed by atoms with van der Waals surface area (Å²) in [7, 11) is -3.87. The number of nitrogens with two attached hydrogens (primary N) is 1. The van der Waals surface area contributed by atoms with Crippen molar-refractivity contribution in [1.82, 2.24) is 0 Å². The van der Waals surface area contributed by atoms with Gasteiger partial charge in [0.05, 0.1) is 0 Å². The van der Waals surface area contributed by atoms with Gasteiger partial charge in [0.15, 0.2) is 0 Å². The molecule has 0 aliphatic heterocycles. The Balaban J connectivity index is 2.24. The van der Waals surface area contributed by atoms with Crippen molar-refractivity contribution in [2.24, 2.45) is 28.3 Å². The fourth-order valence-electron chi connectivity index (χ4n) is 2.91. The highest BCUT2D eigenvalue weighted by Crippen LogP contribution is 2.60. The monoisotopic (exact) mass is 231 g/mol. The molecular formula is C10H17NO3S. The quantitative estimate of drug-likeness (QED) is 0.781. The summed E-state index contributed by atoms with van der Waals surface area (Å²) in [5.74, 6) is 1.60. The maximum atomic E-state index is 10.8. The predicted octanol–water partition coefficient (Wildman–Crippen LogP) is 1.40. The van der Waals surface area contributed by atoms with Crippen molar-refractivity contribution in [3.8, 4) is 0 Å². The van der Waals surface area contributed by atoms with Crippen LogP contribution in [0.2, 0.25) is 0 Å². The molecule has 1 saturated carbocycles. The van der Waals surface area contributed by atoms with Crippen molar-refractivity contribution in [3.63, 3.8) is 0 Å². The van der Waals surface area contributed by atoms with Crippen LogP contribution in [0.4, 0.5) is 0 Å². The van der Waals surface area contributed by atoms with Gasteiger partial charge < -0.3 is 4.18 Å².